The third kappa shape index (κ3) is 15.2. The number of aliphatic carboxylic acids is 1. The number of nitrogens with one attached hydrogen (secondary N) is 3. The molecule has 0 aromatic carbocycles. The number of unbranched alkanes of at least 4 members (excludes halogenated alkanes) is 1. The Hall–Kier alpha value is -3.99. The predicted octanol–water partition coefficient (Wildman–Crippen LogP) is -4.82. The van der Waals surface area contributed by atoms with E-state index in [2.05, 4.69) is 20.9 Å². The number of hydrogen-bond acceptors (Lipinski definition) is 9. The first-order chi connectivity index (χ1) is 17.8. The molecule has 0 saturated carbocycles. The van der Waals surface area contributed by atoms with Gasteiger partial charge in [-0.05, 0) is 45.1 Å². The Bertz CT molecular complexity index is 863. The molecule has 0 aromatic heterocycles. The summed E-state index contributed by atoms with van der Waals surface area (Å²) >= 11 is 0. The molecule has 0 rings (SSSR count). The molecular weight excluding hydrogens is 504 g/mol. The zero-order chi connectivity index (χ0) is 29.3. The molecule has 4 atom stereocenters. The number of guanidine groups is 1. The van der Waals surface area contributed by atoms with E-state index in [0.29, 0.717) is 19.4 Å². The van der Waals surface area contributed by atoms with E-state index in [0.717, 1.165) is 0 Å². The number of carboxylic acid groups (broad SMARTS) is 1. The lowest BCUT2D eigenvalue weighted by atomic mass is 10.1. The van der Waals surface area contributed by atoms with E-state index >= 15 is 0 Å². The van der Waals surface area contributed by atoms with Crippen molar-refractivity contribution < 1.29 is 33.9 Å². The molecule has 0 aromatic rings. The highest BCUT2D eigenvalue weighted by Gasteiger charge is 2.31. The van der Waals surface area contributed by atoms with Crippen molar-refractivity contribution in [2.24, 2.45) is 39.4 Å². The van der Waals surface area contributed by atoms with Crippen LogP contribution in [0.4, 0.5) is 0 Å². The molecule has 0 bridgehead atoms. The molecule has 216 valence electrons. The predicted molar refractivity (Wildman–Crippen MR) is 136 cm³/mol. The van der Waals surface area contributed by atoms with Crippen molar-refractivity contribution >= 4 is 41.5 Å². The minimum Gasteiger partial charge on any atom is -0.480 e. The van der Waals surface area contributed by atoms with E-state index in [-0.39, 0.29) is 44.6 Å². The fourth-order valence-corrected chi connectivity index (χ4v) is 3.19. The molecule has 17 heteroatoms. The first kappa shape index (κ1) is 34.0. The minimum absolute atomic E-state index is 0.00135. The van der Waals surface area contributed by atoms with Gasteiger partial charge in [0.15, 0.2) is 5.96 Å². The maximum atomic E-state index is 13.0. The number of primary amides is 2. The van der Waals surface area contributed by atoms with Gasteiger partial charge in [-0.1, -0.05) is 0 Å². The number of carboxylic acids is 1. The monoisotopic (exact) mass is 544 g/mol. The Balaban J connectivity index is 5.60. The molecule has 0 heterocycles. The van der Waals surface area contributed by atoms with Crippen molar-refractivity contribution in [3.63, 3.8) is 0 Å². The fourth-order valence-electron chi connectivity index (χ4n) is 3.19. The quantitative estimate of drug-likeness (QED) is 0.0393. The molecule has 0 spiro atoms. The summed E-state index contributed by atoms with van der Waals surface area (Å²) in [5.74, 6) is -5.70. The molecule has 5 amide bonds. The molecular formula is C21H40N10O7. The van der Waals surface area contributed by atoms with E-state index in [9.17, 15) is 33.9 Å². The van der Waals surface area contributed by atoms with Gasteiger partial charge < -0.3 is 55.5 Å². The van der Waals surface area contributed by atoms with Crippen LogP contribution >= 0.6 is 0 Å². The smallest absolute Gasteiger partial charge is 0.326 e. The maximum absolute atomic E-state index is 13.0. The third-order valence-electron chi connectivity index (χ3n) is 5.22. The molecule has 0 saturated heterocycles. The SMILES string of the molecule is NCCCCC(NC(=O)C(CC(N)=O)NC(=O)C(CCCN=C(N)N)NC(=O)C(N)CCC(N)=O)C(=O)O. The topological polar surface area (TPSA) is 327 Å². The fraction of sp³-hybridized carbons (Fsp3) is 0.667. The summed E-state index contributed by atoms with van der Waals surface area (Å²) in [6, 6.07) is -5.24. The summed E-state index contributed by atoms with van der Waals surface area (Å²) < 4.78 is 0. The first-order valence-electron chi connectivity index (χ1n) is 12.0. The summed E-state index contributed by atoms with van der Waals surface area (Å²) in [7, 11) is 0. The van der Waals surface area contributed by atoms with Gasteiger partial charge in [0.05, 0.1) is 12.5 Å². The van der Waals surface area contributed by atoms with Gasteiger partial charge in [-0.25, -0.2) is 4.79 Å². The second kappa shape index (κ2) is 18.3. The Morgan fingerprint density at radius 2 is 1.26 bits per heavy atom. The number of nitrogens with two attached hydrogens (primary N) is 6. The van der Waals surface area contributed by atoms with Crippen molar-refractivity contribution in [2.75, 3.05) is 13.1 Å². The molecule has 0 aliphatic carbocycles. The standard InChI is InChI=1S/C21H40N10O7/c22-8-2-1-4-13(20(37)38)30-19(36)14(10-16(25)33)31-18(35)12(5-3-9-28-21(26)27)29-17(34)11(23)6-7-15(24)32/h11-14H,1-10,22-23H2,(H2,24,32)(H2,25,33)(H,29,34)(H,30,36)(H,31,35)(H,37,38)(H4,26,27,28). The van der Waals surface area contributed by atoms with Crippen molar-refractivity contribution in [1.29, 1.82) is 0 Å². The molecule has 17 nitrogen and oxygen atoms in total. The summed E-state index contributed by atoms with van der Waals surface area (Å²) in [6.07, 6.45) is 0.371. The number of carbonyl (C=O) groups is 6. The van der Waals surface area contributed by atoms with Crippen molar-refractivity contribution in [1.82, 2.24) is 16.0 Å². The highest BCUT2D eigenvalue weighted by atomic mass is 16.4. The van der Waals surface area contributed by atoms with Gasteiger partial charge in [-0.2, -0.15) is 0 Å². The first-order valence-corrected chi connectivity index (χ1v) is 12.0. The van der Waals surface area contributed by atoms with E-state index in [4.69, 9.17) is 34.4 Å². The number of aliphatic imine (C=N–C) groups is 1. The van der Waals surface area contributed by atoms with Crippen LogP contribution in [0.15, 0.2) is 4.99 Å². The minimum atomic E-state index is -1.53. The van der Waals surface area contributed by atoms with E-state index in [1.54, 1.807) is 0 Å². The molecule has 38 heavy (non-hydrogen) atoms. The Kier molecular flexibility index (Phi) is 16.4. The highest BCUT2D eigenvalue weighted by molar-refractivity contribution is 5.96. The maximum Gasteiger partial charge on any atom is 0.326 e. The van der Waals surface area contributed by atoms with Crippen molar-refractivity contribution in [3.05, 3.63) is 0 Å². The van der Waals surface area contributed by atoms with Gasteiger partial charge >= 0.3 is 5.97 Å². The normalized spacial score (nSPS) is 13.7. The van der Waals surface area contributed by atoms with Crippen molar-refractivity contribution in [3.8, 4) is 0 Å². The molecule has 0 aliphatic heterocycles. The second-order valence-corrected chi connectivity index (χ2v) is 8.54. The van der Waals surface area contributed by atoms with Crippen LogP contribution in [-0.2, 0) is 28.8 Å². The highest BCUT2D eigenvalue weighted by Crippen LogP contribution is 2.05. The summed E-state index contributed by atoms with van der Waals surface area (Å²) in [5.41, 5.74) is 32.0. The van der Waals surface area contributed by atoms with Crippen LogP contribution in [0.3, 0.4) is 0 Å². The van der Waals surface area contributed by atoms with Crippen LogP contribution in [0.2, 0.25) is 0 Å². The Labute approximate surface area is 219 Å². The van der Waals surface area contributed by atoms with Gasteiger partial charge in [0.25, 0.3) is 0 Å². The molecule has 0 aliphatic rings. The van der Waals surface area contributed by atoms with Gasteiger partial charge in [0.2, 0.25) is 29.5 Å². The molecule has 16 N–H and O–H groups in total. The number of rotatable bonds is 20. The summed E-state index contributed by atoms with van der Waals surface area (Å²) in [6.45, 7) is 0.452. The van der Waals surface area contributed by atoms with Crippen LogP contribution in [0.5, 0.6) is 0 Å². The van der Waals surface area contributed by atoms with Gasteiger partial charge in [0, 0.05) is 13.0 Å². The van der Waals surface area contributed by atoms with E-state index in [1.807, 2.05) is 0 Å². The molecule has 0 radical (unpaired) electrons. The lowest BCUT2D eigenvalue weighted by molar-refractivity contribution is -0.142. The number of nitrogens with zero attached hydrogens (tertiary/aromatic N) is 1. The van der Waals surface area contributed by atoms with Gasteiger partial charge in [-0.15, -0.1) is 0 Å². The lowest BCUT2D eigenvalue weighted by Gasteiger charge is -2.24. The molecule has 4 unspecified atom stereocenters. The zero-order valence-corrected chi connectivity index (χ0v) is 21.2. The van der Waals surface area contributed by atoms with Crippen LogP contribution in [0.25, 0.3) is 0 Å². The molecule has 0 fully saturated rings. The average Bonchev–Trinajstić information content (AvgIpc) is 2.82. The summed E-state index contributed by atoms with van der Waals surface area (Å²) in [5, 5.41) is 16.4. The van der Waals surface area contributed by atoms with Crippen LogP contribution in [-0.4, -0.2) is 83.8 Å². The average molecular weight is 545 g/mol. The van der Waals surface area contributed by atoms with Gasteiger partial charge in [0.1, 0.15) is 18.1 Å². The Morgan fingerprint density at radius 3 is 1.79 bits per heavy atom. The van der Waals surface area contributed by atoms with Crippen molar-refractivity contribution in [2.45, 2.75) is 75.5 Å². The van der Waals surface area contributed by atoms with Gasteiger partial charge in [-0.3, -0.25) is 29.0 Å². The lowest BCUT2D eigenvalue weighted by Crippen LogP contribution is -2.57. The number of hydrogen-bond donors (Lipinski definition) is 10. The number of amides is 5. The zero-order valence-electron chi connectivity index (χ0n) is 21.2. The largest absolute Gasteiger partial charge is 0.480 e. The summed E-state index contributed by atoms with van der Waals surface area (Å²) in [4.78, 5) is 76.2. The van der Waals surface area contributed by atoms with Crippen LogP contribution < -0.4 is 50.4 Å². The van der Waals surface area contributed by atoms with E-state index < -0.39 is 66.1 Å². The van der Waals surface area contributed by atoms with E-state index in [1.165, 1.54) is 0 Å². The van der Waals surface area contributed by atoms with Crippen LogP contribution in [0, 0.1) is 0 Å². The second-order valence-electron chi connectivity index (χ2n) is 8.54. The third-order valence-corrected chi connectivity index (χ3v) is 5.22. The van der Waals surface area contributed by atoms with Crippen LogP contribution in [0.1, 0.15) is 51.4 Å². The number of carbonyl (C=O) groups excluding carboxylic acids is 5. The Morgan fingerprint density at radius 1 is 0.711 bits per heavy atom.